The van der Waals surface area contributed by atoms with Gasteiger partial charge in [0.25, 0.3) is 0 Å². The minimum Gasteiger partial charge on any atom is -0.393 e. The zero-order chi connectivity index (χ0) is 15.8. The summed E-state index contributed by atoms with van der Waals surface area (Å²) in [5, 5.41) is 0. The highest BCUT2D eigenvalue weighted by atomic mass is 16.6. The first-order chi connectivity index (χ1) is 10.6. The fourth-order valence-electron chi connectivity index (χ4n) is 3.37. The lowest BCUT2D eigenvalue weighted by Gasteiger charge is -2.42. The van der Waals surface area contributed by atoms with E-state index in [0.717, 1.165) is 65.0 Å². The van der Waals surface area contributed by atoms with Gasteiger partial charge < -0.3 is 14.4 Å². The first-order valence-electron chi connectivity index (χ1n) is 8.67. The van der Waals surface area contributed by atoms with Crippen molar-refractivity contribution in [2.24, 2.45) is 5.41 Å². The van der Waals surface area contributed by atoms with Crippen molar-refractivity contribution in [1.82, 2.24) is 4.90 Å². The van der Waals surface area contributed by atoms with E-state index in [9.17, 15) is 9.59 Å². The second-order valence-corrected chi connectivity index (χ2v) is 6.71. The number of rotatable bonds is 8. The summed E-state index contributed by atoms with van der Waals surface area (Å²) in [7, 11) is 0. The summed E-state index contributed by atoms with van der Waals surface area (Å²) in [5.41, 5.74) is -0.119. The molecular formula is C17H29NO4. The number of hydrogen-bond acceptors (Lipinski definition) is 5. The van der Waals surface area contributed by atoms with Crippen LogP contribution in [0, 0.1) is 5.41 Å². The van der Waals surface area contributed by atoms with Gasteiger partial charge in [0.1, 0.15) is 0 Å². The molecule has 2 fully saturated rings. The SMILES string of the molecule is CCCCOCCCCN1CCC2(CC1)CC(=O)OC(=O)C2. The Labute approximate surface area is 133 Å². The highest BCUT2D eigenvalue weighted by Gasteiger charge is 2.43. The first kappa shape index (κ1) is 17.4. The summed E-state index contributed by atoms with van der Waals surface area (Å²) in [4.78, 5) is 25.4. The average molecular weight is 311 g/mol. The molecule has 5 heteroatoms. The van der Waals surface area contributed by atoms with Gasteiger partial charge in [0.05, 0.1) is 12.8 Å². The van der Waals surface area contributed by atoms with Gasteiger partial charge in [0, 0.05) is 13.2 Å². The predicted molar refractivity (Wildman–Crippen MR) is 83.4 cm³/mol. The van der Waals surface area contributed by atoms with Crippen LogP contribution >= 0.6 is 0 Å². The largest absolute Gasteiger partial charge is 0.393 e. The van der Waals surface area contributed by atoms with E-state index in [2.05, 4.69) is 16.6 Å². The highest BCUT2D eigenvalue weighted by Crippen LogP contribution is 2.41. The van der Waals surface area contributed by atoms with Crippen LogP contribution in [0.2, 0.25) is 0 Å². The molecule has 0 aromatic heterocycles. The molecular weight excluding hydrogens is 282 g/mol. The Morgan fingerprint density at radius 3 is 2.32 bits per heavy atom. The minimum absolute atomic E-state index is 0.119. The number of nitrogens with zero attached hydrogens (tertiary/aromatic N) is 1. The molecule has 2 rings (SSSR count). The number of ether oxygens (including phenoxy) is 2. The summed E-state index contributed by atoms with van der Waals surface area (Å²) >= 11 is 0. The third-order valence-electron chi connectivity index (χ3n) is 4.84. The summed E-state index contributed by atoms with van der Waals surface area (Å²) in [6, 6.07) is 0. The van der Waals surface area contributed by atoms with E-state index in [0.29, 0.717) is 12.8 Å². The van der Waals surface area contributed by atoms with Crippen LogP contribution in [0.3, 0.4) is 0 Å². The smallest absolute Gasteiger partial charge is 0.314 e. The highest BCUT2D eigenvalue weighted by molar-refractivity contribution is 5.89. The number of hydrogen-bond donors (Lipinski definition) is 0. The predicted octanol–water partition coefficient (Wildman–Crippen LogP) is 2.53. The molecule has 0 aromatic rings. The van der Waals surface area contributed by atoms with Crippen molar-refractivity contribution in [3.05, 3.63) is 0 Å². The molecule has 2 aliphatic heterocycles. The lowest BCUT2D eigenvalue weighted by atomic mass is 9.72. The maximum Gasteiger partial charge on any atom is 0.314 e. The topological polar surface area (TPSA) is 55.8 Å². The van der Waals surface area contributed by atoms with Crippen LogP contribution in [0.15, 0.2) is 0 Å². The number of piperidine rings is 1. The van der Waals surface area contributed by atoms with Crippen LogP contribution in [-0.4, -0.2) is 49.7 Å². The van der Waals surface area contributed by atoms with E-state index in [1.165, 1.54) is 6.42 Å². The Bertz CT molecular complexity index is 357. The van der Waals surface area contributed by atoms with Gasteiger partial charge in [-0.2, -0.15) is 0 Å². The van der Waals surface area contributed by atoms with Crippen molar-refractivity contribution < 1.29 is 19.1 Å². The molecule has 2 saturated heterocycles. The van der Waals surface area contributed by atoms with Crippen molar-refractivity contribution in [1.29, 1.82) is 0 Å². The van der Waals surface area contributed by atoms with E-state index >= 15 is 0 Å². The molecule has 0 saturated carbocycles. The quantitative estimate of drug-likeness (QED) is 0.392. The molecule has 0 bridgehead atoms. The molecule has 0 aromatic carbocycles. The number of carbonyl (C=O) groups excluding carboxylic acids is 2. The standard InChI is InChI=1S/C17H29NO4/c1-2-3-11-21-12-5-4-8-18-9-6-17(7-10-18)13-15(19)22-16(20)14-17/h2-14H2,1H3. The second kappa shape index (κ2) is 8.63. The van der Waals surface area contributed by atoms with E-state index in [-0.39, 0.29) is 17.4 Å². The van der Waals surface area contributed by atoms with Gasteiger partial charge in [0.15, 0.2) is 0 Å². The minimum atomic E-state index is -0.339. The second-order valence-electron chi connectivity index (χ2n) is 6.71. The van der Waals surface area contributed by atoms with E-state index in [1.807, 2.05) is 0 Å². The van der Waals surface area contributed by atoms with Gasteiger partial charge in [-0.25, -0.2) is 0 Å². The molecule has 0 radical (unpaired) electrons. The molecule has 0 amide bonds. The third-order valence-corrected chi connectivity index (χ3v) is 4.84. The van der Waals surface area contributed by atoms with Crippen LogP contribution < -0.4 is 0 Å². The van der Waals surface area contributed by atoms with Crippen LogP contribution in [-0.2, 0) is 19.1 Å². The van der Waals surface area contributed by atoms with E-state index in [1.54, 1.807) is 0 Å². The lowest BCUT2D eigenvalue weighted by molar-refractivity contribution is -0.171. The van der Waals surface area contributed by atoms with Gasteiger partial charge in [-0.15, -0.1) is 0 Å². The van der Waals surface area contributed by atoms with Gasteiger partial charge >= 0.3 is 11.9 Å². The molecule has 5 nitrogen and oxygen atoms in total. The fraction of sp³-hybridized carbons (Fsp3) is 0.882. The lowest BCUT2D eigenvalue weighted by Crippen LogP contribution is -2.45. The number of carbonyl (C=O) groups is 2. The number of likely N-dealkylation sites (tertiary alicyclic amines) is 1. The Balaban J connectivity index is 1.59. The summed E-state index contributed by atoms with van der Waals surface area (Å²) in [6.45, 7) is 6.97. The summed E-state index contributed by atoms with van der Waals surface area (Å²) < 4.78 is 10.2. The van der Waals surface area contributed by atoms with Gasteiger partial charge in [-0.05, 0) is 57.2 Å². The Morgan fingerprint density at radius 1 is 1.05 bits per heavy atom. The van der Waals surface area contributed by atoms with Gasteiger partial charge in [-0.3, -0.25) is 9.59 Å². The molecule has 0 aliphatic carbocycles. The zero-order valence-electron chi connectivity index (χ0n) is 13.8. The number of esters is 2. The molecule has 0 atom stereocenters. The van der Waals surface area contributed by atoms with Crippen molar-refractivity contribution in [2.45, 2.75) is 58.3 Å². The Hall–Kier alpha value is -0.940. The van der Waals surface area contributed by atoms with E-state index in [4.69, 9.17) is 4.74 Å². The van der Waals surface area contributed by atoms with Crippen molar-refractivity contribution in [3.8, 4) is 0 Å². The van der Waals surface area contributed by atoms with Crippen LogP contribution in [0.5, 0.6) is 0 Å². The van der Waals surface area contributed by atoms with Crippen LogP contribution in [0.25, 0.3) is 0 Å². The number of cyclic esters (lactones) is 2. The molecule has 126 valence electrons. The normalized spacial score (nSPS) is 22.0. The van der Waals surface area contributed by atoms with Crippen LogP contribution in [0.1, 0.15) is 58.3 Å². The van der Waals surface area contributed by atoms with Crippen molar-refractivity contribution >= 4 is 11.9 Å². The maximum absolute atomic E-state index is 11.5. The molecule has 1 spiro atoms. The molecule has 0 N–H and O–H groups in total. The fourth-order valence-corrected chi connectivity index (χ4v) is 3.37. The van der Waals surface area contributed by atoms with E-state index < -0.39 is 0 Å². The monoisotopic (exact) mass is 311 g/mol. The zero-order valence-corrected chi connectivity index (χ0v) is 13.8. The molecule has 2 heterocycles. The third kappa shape index (κ3) is 5.36. The average Bonchev–Trinajstić information content (AvgIpc) is 2.47. The molecule has 22 heavy (non-hydrogen) atoms. The Morgan fingerprint density at radius 2 is 1.68 bits per heavy atom. The summed E-state index contributed by atoms with van der Waals surface area (Å²) in [5.74, 6) is -0.678. The van der Waals surface area contributed by atoms with Gasteiger partial charge in [-0.1, -0.05) is 13.3 Å². The molecule has 2 aliphatic rings. The molecule has 0 unspecified atom stereocenters. The van der Waals surface area contributed by atoms with Crippen molar-refractivity contribution in [3.63, 3.8) is 0 Å². The maximum atomic E-state index is 11.5. The Kier molecular flexibility index (Phi) is 6.83. The summed E-state index contributed by atoms with van der Waals surface area (Å²) in [6.07, 6.45) is 7.29. The van der Waals surface area contributed by atoms with Crippen LogP contribution in [0.4, 0.5) is 0 Å². The number of unbranched alkanes of at least 4 members (excludes halogenated alkanes) is 2. The first-order valence-corrected chi connectivity index (χ1v) is 8.67. The van der Waals surface area contributed by atoms with Gasteiger partial charge in [0.2, 0.25) is 0 Å². The van der Waals surface area contributed by atoms with Crippen molar-refractivity contribution in [2.75, 3.05) is 32.8 Å².